The van der Waals surface area contributed by atoms with Gasteiger partial charge in [0, 0.05) is 13.6 Å². The zero-order valence-corrected chi connectivity index (χ0v) is 14.6. The van der Waals surface area contributed by atoms with Gasteiger partial charge in [-0.25, -0.2) is 0 Å². The van der Waals surface area contributed by atoms with Crippen LogP contribution in [0, 0.1) is 6.92 Å². The van der Waals surface area contributed by atoms with Crippen molar-refractivity contribution in [1.29, 1.82) is 0 Å². The highest BCUT2D eigenvalue weighted by Gasteiger charge is 2.09. The van der Waals surface area contributed by atoms with E-state index in [-0.39, 0.29) is 0 Å². The Morgan fingerprint density at radius 2 is 1.92 bits per heavy atom. The monoisotopic (exact) mass is 335 g/mol. The molecular formula is C19H21N5O. The number of ether oxygens (including phenoxy) is 1. The lowest BCUT2D eigenvalue weighted by atomic mass is 10.2. The fourth-order valence-electron chi connectivity index (χ4n) is 2.51. The summed E-state index contributed by atoms with van der Waals surface area (Å²) < 4.78 is 5.38. The van der Waals surface area contributed by atoms with Crippen LogP contribution < -0.4 is 15.0 Å². The lowest BCUT2D eigenvalue weighted by Crippen LogP contribution is -2.18. The highest BCUT2D eigenvalue weighted by atomic mass is 16.5. The lowest BCUT2D eigenvalue weighted by Gasteiger charge is -2.18. The van der Waals surface area contributed by atoms with Gasteiger partial charge >= 0.3 is 0 Å². The first-order valence-electron chi connectivity index (χ1n) is 8.02. The molecule has 0 atom stereocenters. The Kier molecular flexibility index (Phi) is 5.09. The fourth-order valence-corrected chi connectivity index (χ4v) is 2.51. The number of benzene rings is 2. The molecule has 0 aliphatic rings. The molecule has 0 amide bonds. The summed E-state index contributed by atoms with van der Waals surface area (Å²) in [6.45, 7) is 2.76. The minimum atomic E-state index is 0.432. The Morgan fingerprint density at radius 3 is 2.68 bits per heavy atom. The summed E-state index contributed by atoms with van der Waals surface area (Å²) in [5.74, 6) is 1.91. The van der Waals surface area contributed by atoms with Crippen LogP contribution in [0.5, 0.6) is 5.75 Å². The number of aromatic nitrogens is 3. The van der Waals surface area contributed by atoms with Crippen molar-refractivity contribution in [3.63, 3.8) is 0 Å². The quantitative estimate of drug-likeness (QED) is 0.743. The first-order valence-corrected chi connectivity index (χ1v) is 8.02. The topological polar surface area (TPSA) is 63.2 Å². The van der Waals surface area contributed by atoms with Crippen molar-refractivity contribution in [3.05, 3.63) is 65.9 Å². The van der Waals surface area contributed by atoms with E-state index in [2.05, 4.69) is 32.6 Å². The van der Waals surface area contributed by atoms with Gasteiger partial charge in [-0.2, -0.15) is 10.1 Å². The number of hydrogen-bond donors (Lipinski definition) is 1. The highest BCUT2D eigenvalue weighted by molar-refractivity contribution is 5.64. The minimum absolute atomic E-state index is 0.432. The molecule has 6 nitrogen and oxygen atoms in total. The largest absolute Gasteiger partial charge is 0.495 e. The number of methoxy groups -OCH3 is 1. The minimum Gasteiger partial charge on any atom is -0.495 e. The van der Waals surface area contributed by atoms with E-state index in [0.29, 0.717) is 5.95 Å². The maximum atomic E-state index is 5.38. The molecule has 0 aliphatic heterocycles. The van der Waals surface area contributed by atoms with Crippen LogP contribution >= 0.6 is 0 Å². The van der Waals surface area contributed by atoms with Crippen molar-refractivity contribution in [1.82, 2.24) is 15.2 Å². The number of nitrogens with zero attached hydrogens (tertiary/aromatic N) is 4. The van der Waals surface area contributed by atoms with E-state index < -0.39 is 0 Å². The Bertz CT molecular complexity index is 838. The molecule has 0 fully saturated rings. The van der Waals surface area contributed by atoms with Gasteiger partial charge in [0.25, 0.3) is 0 Å². The van der Waals surface area contributed by atoms with Crippen LogP contribution in [0.15, 0.2) is 54.7 Å². The standard InChI is InChI=1S/C19H21N5O/c1-14-9-10-17(25-3)16(11-14)21-19-22-18(12-20-23-19)24(2)13-15-7-5-4-6-8-15/h4-12H,13H2,1-3H3,(H,21,22,23). The van der Waals surface area contributed by atoms with E-state index in [1.54, 1.807) is 13.3 Å². The van der Waals surface area contributed by atoms with Crippen LogP contribution in [0.3, 0.4) is 0 Å². The molecule has 6 heteroatoms. The predicted octanol–water partition coefficient (Wildman–Crippen LogP) is 3.57. The number of nitrogens with one attached hydrogen (secondary N) is 1. The van der Waals surface area contributed by atoms with Gasteiger partial charge in [0.2, 0.25) is 5.95 Å². The van der Waals surface area contributed by atoms with Crippen LogP contribution in [0.2, 0.25) is 0 Å². The van der Waals surface area contributed by atoms with Crippen LogP contribution in [0.1, 0.15) is 11.1 Å². The van der Waals surface area contributed by atoms with Gasteiger partial charge in [-0.05, 0) is 30.2 Å². The summed E-state index contributed by atoms with van der Waals surface area (Å²) in [4.78, 5) is 6.59. The Labute approximate surface area is 147 Å². The maximum absolute atomic E-state index is 5.38. The summed E-state index contributed by atoms with van der Waals surface area (Å²) in [7, 11) is 3.62. The van der Waals surface area contributed by atoms with E-state index in [0.717, 1.165) is 29.4 Å². The fraction of sp³-hybridized carbons (Fsp3) is 0.211. The van der Waals surface area contributed by atoms with Gasteiger partial charge in [-0.3, -0.25) is 0 Å². The molecule has 0 unspecified atom stereocenters. The number of anilines is 3. The van der Waals surface area contributed by atoms with Gasteiger partial charge in [0.1, 0.15) is 5.75 Å². The average molecular weight is 335 g/mol. The molecule has 3 rings (SSSR count). The second-order valence-electron chi connectivity index (χ2n) is 5.81. The molecular weight excluding hydrogens is 314 g/mol. The van der Waals surface area contributed by atoms with Crippen LogP contribution in [0.25, 0.3) is 0 Å². The third-order valence-electron chi connectivity index (χ3n) is 3.80. The Morgan fingerprint density at radius 1 is 1.12 bits per heavy atom. The molecule has 0 bridgehead atoms. The summed E-state index contributed by atoms with van der Waals surface area (Å²) >= 11 is 0. The van der Waals surface area contributed by atoms with Crippen molar-refractivity contribution in [2.75, 3.05) is 24.4 Å². The van der Waals surface area contributed by atoms with Gasteiger partial charge in [0.05, 0.1) is 19.0 Å². The molecule has 0 saturated carbocycles. The van der Waals surface area contributed by atoms with E-state index in [4.69, 9.17) is 4.74 Å². The second kappa shape index (κ2) is 7.61. The first-order chi connectivity index (χ1) is 12.2. The van der Waals surface area contributed by atoms with E-state index in [1.807, 2.05) is 55.3 Å². The van der Waals surface area contributed by atoms with Crippen molar-refractivity contribution in [2.24, 2.45) is 0 Å². The number of rotatable bonds is 6. The second-order valence-corrected chi connectivity index (χ2v) is 5.81. The number of aryl methyl sites for hydroxylation is 1. The first kappa shape index (κ1) is 16.7. The van der Waals surface area contributed by atoms with Gasteiger partial charge in [-0.1, -0.05) is 36.4 Å². The molecule has 1 aromatic heterocycles. The van der Waals surface area contributed by atoms with Gasteiger partial charge < -0.3 is 15.0 Å². The van der Waals surface area contributed by atoms with Crippen LogP contribution in [-0.4, -0.2) is 29.3 Å². The molecule has 0 radical (unpaired) electrons. The lowest BCUT2D eigenvalue weighted by molar-refractivity contribution is 0.416. The maximum Gasteiger partial charge on any atom is 0.249 e. The summed E-state index contributed by atoms with van der Waals surface area (Å²) in [6.07, 6.45) is 1.65. The average Bonchev–Trinajstić information content (AvgIpc) is 2.63. The van der Waals surface area contributed by atoms with Crippen molar-refractivity contribution in [2.45, 2.75) is 13.5 Å². The van der Waals surface area contributed by atoms with Crippen molar-refractivity contribution in [3.8, 4) is 5.75 Å². The summed E-state index contributed by atoms with van der Waals surface area (Å²) in [6, 6.07) is 16.1. The SMILES string of the molecule is COc1ccc(C)cc1Nc1nncc(N(C)Cc2ccccc2)n1. The van der Waals surface area contributed by atoms with Gasteiger partial charge in [-0.15, -0.1) is 5.10 Å². The van der Waals surface area contributed by atoms with E-state index in [1.165, 1.54) is 5.56 Å². The van der Waals surface area contributed by atoms with E-state index in [9.17, 15) is 0 Å². The molecule has 0 saturated heterocycles. The molecule has 1 heterocycles. The molecule has 128 valence electrons. The predicted molar refractivity (Wildman–Crippen MR) is 99.4 cm³/mol. The molecule has 3 aromatic rings. The molecule has 0 spiro atoms. The third-order valence-corrected chi connectivity index (χ3v) is 3.80. The van der Waals surface area contributed by atoms with E-state index >= 15 is 0 Å². The summed E-state index contributed by atoms with van der Waals surface area (Å²) in [5, 5.41) is 11.3. The van der Waals surface area contributed by atoms with Crippen molar-refractivity contribution >= 4 is 17.5 Å². The smallest absolute Gasteiger partial charge is 0.249 e. The van der Waals surface area contributed by atoms with Crippen LogP contribution in [-0.2, 0) is 6.54 Å². The third kappa shape index (κ3) is 4.23. The zero-order valence-electron chi connectivity index (χ0n) is 14.6. The van der Waals surface area contributed by atoms with Crippen molar-refractivity contribution < 1.29 is 4.74 Å². The molecule has 2 aromatic carbocycles. The van der Waals surface area contributed by atoms with Crippen LogP contribution in [0.4, 0.5) is 17.5 Å². The zero-order chi connectivity index (χ0) is 17.6. The Balaban J connectivity index is 1.79. The molecule has 25 heavy (non-hydrogen) atoms. The Hall–Kier alpha value is -3.15. The number of hydrogen-bond acceptors (Lipinski definition) is 6. The normalized spacial score (nSPS) is 10.4. The summed E-state index contributed by atoms with van der Waals surface area (Å²) in [5.41, 5.74) is 3.14. The highest BCUT2D eigenvalue weighted by Crippen LogP contribution is 2.27. The van der Waals surface area contributed by atoms with Gasteiger partial charge in [0.15, 0.2) is 5.82 Å². The molecule has 0 aliphatic carbocycles. The molecule has 1 N–H and O–H groups in total.